The van der Waals surface area contributed by atoms with Crippen LogP contribution in [0, 0.1) is 0 Å². The van der Waals surface area contributed by atoms with E-state index in [0.717, 1.165) is 6.42 Å². The molecule has 0 aromatic carbocycles. The Morgan fingerprint density at radius 1 is 1.17 bits per heavy atom. The summed E-state index contributed by atoms with van der Waals surface area (Å²) < 4.78 is 25.3. The lowest BCUT2D eigenvalue weighted by Gasteiger charge is -2.17. The zero-order chi connectivity index (χ0) is 21.2. The van der Waals surface area contributed by atoms with Gasteiger partial charge < -0.3 is 5.32 Å². The molecule has 3 aromatic rings. The smallest absolute Gasteiger partial charge is 0.295 e. The summed E-state index contributed by atoms with van der Waals surface area (Å²) in [6.07, 6.45) is 3.66. The third-order valence-electron chi connectivity index (χ3n) is 4.59. The van der Waals surface area contributed by atoms with Crippen LogP contribution in [-0.2, 0) is 16.4 Å². The lowest BCUT2D eigenvalue weighted by atomic mass is 10.2. The third kappa shape index (κ3) is 4.38. The molecular weight excluding hydrogens is 416 g/mol. The first-order chi connectivity index (χ1) is 13.8. The van der Waals surface area contributed by atoms with Crippen molar-refractivity contribution in [1.82, 2.24) is 24.5 Å². The molecule has 0 bridgehead atoms. The monoisotopic (exact) mass is 436 g/mol. The second kappa shape index (κ2) is 8.42. The van der Waals surface area contributed by atoms with Crippen molar-refractivity contribution < 1.29 is 8.42 Å². The van der Waals surface area contributed by atoms with Gasteiger partial charge in [0.05, 0.1) is 11.9 Å². The summed E-state index contributed by atoms with van der Waals surface area (Å²) >= 11 is 5.90. The topological polar surface area (TPSA) is 120 Å². The molecule has 0 spiro atoms. The molecule has 154 valence electrons. The molecule has 29 heavy (non-hydrogen) atoms. The molecular formula is C18H21ClN6O3S. The van der Waals surface area contributed by atoms with E-state index in [4.69, 9.17) is 11.6 Å². The van der Waals surface area contributed by atoms with E-state index in [1.807, 2.05) is 13.8 Å². The van der Waals surface area contributed by atoms with Crippen LogP contribution in [0.4, 0.5) is 5.82 Å². The number of nitrogens with one attached hydrogen (secondary N) is 1. The fourth-order valence-electron chi connectivity index (χ4n) is 2.72. The fraction of sp³-hybridized carbons (Fsp3) is 0.389. The molecule has 0 unspecified atom stereocenters. The molecule has 11 heteroatoms. The Morgan fingerprint density at radius 2 is 1.93 bits per heavy atom. The number of pyridine rings is 1. The molecule has 1 N–H and O–H groups in total. The van der Waals surface area contributed by atoms with Gasteiger partial charge in [0.25, 0.3) is 5.56 Å². The summed E-state index contributed by atoms with van der Waals surface area (Å²) in [6, 6.07) is 3.00. The number of hydrogen-bond donors (Lipinski definition) is 1. The van der Waals surface area contributed by atoms with Crippen molar-refractivity contribution in [1.29, 1.82) is 0 Å². The van der Waals surface area contributed by atoms with Crippen LogP contribution in [0.5, 0.6) is 0 Å². The van der Waals surface area contributed by atoms with Gasteiger partial charge in [-0.05, 0) is 36.6 Å². The molecule has 0 radical (unpaired) electrons. The molecule has 0 saturated heterocycles. The molecule has 0 aliphatic carbocycles. The minimum Gasteiger partial charge on any atom is -0.361 e. The van der Waals surface area contributed by atoms with Crippen LogP contribution in [0.15, 0.2) is 34.3 Å². The molecule has 3 aromatic heterocycles. The van der Waals surface area contributed by atoms with E-state index in [-0.39, 0.29) is 40.0 Å². The van der Waals surface area contributed by atoms with E-state index < -0.39 is 9.84 Å². The van der Waals surface area contributed by atoms with Crippen molar-refractivity contribution in [3.63, 3.8) is 0 Å². The SMILES string of the molecule is CC[C@@H](C)n1c(=O)c(NCc2ccc(S(=O)(=O)CC)nc2)nc2cnc(Cl)nc21. The Labute approximate surface area is 173 Å². The van der Waals surface area contributed by atoms with E-state index in [2.05, 4.69) is 25.3 Å². The van der Waals surface area contributed by atoms with Gasteiger partial charge in [-0.2, -0.15) is 4.98 Å². The Hall–Kier alpha value is -2.59. The molecule has 3 rings (SSSR count). The number of fused-ring (bicyclic) bond motifs is 1. The second-order valence-corrected chi connectivity index (χ2v) is 9.07. The summed E-state index contributed by atoms with van der Waals surface area (Å²) in [7, 11) is -3.36. The van der Waals surface area contributed by atoms with Gasteiger partial charge in [0.1, 0.15) is 5.52 Å². The van der Waals surface area contributed by atoms with E-state index in [9.17, 15) is 13.2 Å². The van der Waals surface area contributed by atoms with Crippen LogP contribution in [0.25, 0.3) is 11.2 Å². The number of aromatic nitrogens is 5. The zero-order valence-corrected chi connectivity index (χ0v) is 17.8. The Morgan fingerprint density at radius 3 is 2.55 bits per heavy atom. The zero-order valence-electron chi connectivity index (χ0n) is 16.3. The second-order valence-electron chi connectivity index (χ2n) is 6.50. The van der Waals surface area contributed by atoms with Gasteiger partial charge in [-0.1, -0.05) is 19.9 Å². The normalized spacial score (nSPS) is 12.8. The van der Waals surface area contributed by atoms with Crippen molar-refractivity contribution in [3.05, 3.63) is 45.7 Å². The molecule has 3 heterocycles. The van der Waals surface area contributed by atoms with Crippen LogP contribution in [0.3, 0.4) is 0 Å². The quantitative estimate of drug-likeness (QED) is 0.561. The number of anilines is 1. The summed E-state index contributed by atoms with van der Waals surface area (Å²) in [5, 5.41) is 3.08. The lowest BCUT2D eigenvalue weighted by Crippen LogP contribution is -2.28. The van der Waals surface area contributed by atoms with E-state index in [1.54, 1.807) is 17.6 Å². The largest absolute Gasteiger partial charge is 0.361 e. The minimum atomic E-state index is -3.36. The van der Waals surface area contributed by atoms with E-state index in [0.29, 0.717) is 16.7 Å². The van der Waals surface area contributed by atoms with Crippen molar-refractivity contribution in [2.24, 2.45) is 0 Å². The number of nitrogens with zero attached hydrogens (tertiary/aromatic N) is 5. The standard InChI is InChI=1S/C18H21ClN6O3S/c1-4-11(3)25-16-13(10-22-18(19)24-16)23-15(17(25)26)21-9-12-6-7-14(20-8-12)29(27,28)5-2/h6-8,10-11H,4-5,9H2,1-3H3,(H,21,23)/t11-/m1/s1. The Balaban J connectivity index is 1.94. The van der Waals surface area contributed by atoms with Gasteiger partial charge >= 0.3 is 0 Å². The highest BCUT2D eigenvalue weighted by Crippen LogP contribution is 2.18. The van der Waals surface area contributed by atoms with Gasteiger partial charge in [0, 0.05) is 18.8 Å². The van der Waals surface area contributed by atoms with E-state index in [1.165, 1.54) is 18.5 Å². The highest BCUT2D eigenvalue weighted by Gasteiger charge is 2.17. The molecule has 0 aliphatic heterocycles. The number of hydrogen-bond acceptors (Lipinski definition) is 8. The summed E-state index contributed by atoms with van der Waals surface area (Å²) in [6.45, 7) is 5.70. The molecule has 0 fully saturated rings. The van der Waals surface area contributed by atoms with Crippen LogP contribution in [-0.4, -0.2) is 38.7 Å². The molecule has 0 aliphatic rings. The fourth-order valence-corrected chi connectivity index (χ4v) is 3.63. The van der Waals surface area contributed by atoms with Crippen molar-refractivity contribution >= 4 is 38.4 Å². The van der Waals surface area contributed by atoms with Crippen molar-refractivity contribution in [2.75, 3.05) is 11.1 Å². The maximum absolute atomic E-state index is 13.0. The Kier molecular flexibility index (Phi) is 6.13. The highest BCUT2D eigenvalue weighted by molar-refractivity contribution is 7.91. The van der Waals surface area contributed by atoms with Crippen LogP contribution in [0.1, 0.15) is 38.8 Å². The molecule has 9 nitrogen and oxygen atoms in total. The van der Waals surface area contributed by atoms with Crippen LogP contribution in [0.2, 0.25) is 5.28 Å². The minimum absolute atomic E-state index is 0.0140. The lowest BCUT2D eigenvalue weighted by molar-refractivity contribution is 0.526. The predicted molar refractivity (Wildman–Crippen MR) is 111 cm³/mol. The molecule has 0 amide bonds. The third-order valence-corrected chi connectivity index (χ3v) is 6.41. The van der Waals surface area contributed by atoms with E-state index >= 15 is 0 Å². The van der Waals surface area contributed by atoms with Crippen LogP contribution < -0.4 is 10.9 Å². The van der Waals surface area contributed by atoms with Crippen molar-refractivity contribution in [2.45, 2.75) is 44.8 Å². The maximum Gasteiger partial charge on any atom is 0.295 e. The summed E-state index contributed by atoms with van der Waals surface area (Å²) in [5.41, 5.74) is 1.22. The first-order valence-corrected chi connectivity index (χ1v) is 11.2. The first kappa shape index (κ1) is 21.1. The van der Waals surface area contributed by atoms with Gasteiger partial charge in [-0.3, -0.25) is 9.36 Å². The van der Waals surface area contributed by atoms with Gasteiger partial charge in [0.2, 0.25) is 5.28 Å². The van der Waals surface area contributed by atoms with Crippen LogP contribution >= 0.6 is 11.6 Å². The predicted octanol–water partition coefficient (Wildman–Crippen LogP) is 2.61. The summed E-state index contributed by atoms with van der Waals surface area (Å²) in [5.74, 6) is 0.133. The number of halogens is 1. The van der Waals surface area contributed by atoms with Gasteiger partial charge in [-0.25, -0.2) is 23.4 Å². The van der Waals surface area contributed by atoms with Gasteiger partial charge in [0.15, 0.2) is 26.3 Å². The molecule has 1 atom stereocenters. The number of rotatable bonds is 7. The van der Waals surface area contributed by atoms with Gasteiger partial charge in [-0.15, -0.1) is 0 Å². The Bertz CT molecular complexity index is 1190. The number of sulfone groups is 1. The summed E-state index contributed by atoms with van der Waals surface area (Å²) in [4.78, 5) is 29.4. The van der Waals surface area contributed by atoms with Crippen molar-refractivity contribution in [3.8, 4) is 0 Å². The average Bonchev–Trinajstić information content (AvgIpc) is 2.72. The highest BCUT2D eigenvalue weighted by atomic mass is 35.5. The average molecular weight is 437 g/mol. The first-order valence-electron chi connectivity index (χ1n) is 9.13. The maximum atomic E-state index is 13.0. The molecule has 0 saturated carbocycles.